The molecule has 1 nitrogen and oxygen atoms in total. The summed E-state index contributed by atoms with van der Waals surface area (Å²) in [5.74, 6) is 0. The maximum absolute atomic E-state index is 4.47. The third-order valence-electron chi connectivity index (χ3n) is 2.71. The van der Waals surface area contributed by atoms with Gasteiger partial charge in [0.15, 0.2) is 0 Å². The highest BCUT2D eigenvalue weighted by Crippen LogP contribution is 2.23. The molecule has 82 valence electrons. The molecule has 0 amide bonds. The van der Waals surface area contributed by atoms with E-state index in [9.17, 15) is 0 Å². The summed E-state index contributed by atoms with van der Waals surface area (Å²) >= 11 is 0. The van der Waals surface area contributed by atoms with Crippen LogP contribution in [0.5, 0.6) is 0 Å². The molecule has 0 radical (unpaired) electrons. The molecular weight excluding hydrogens is 194 g/mol. The fourth-order valence-electron chi connectivity index (χ4n) is 1.95. The molecule has 16 heavy (non-hydrogen) atoms. The predicted octanol–water partition coefficient (Wildman–Crippen LogP) is 4.01. The number of hydrogen-bond acceptors (Lipinski definition) is 1. The molecule has 0 saturated heterocycles. The van der Waals surface area contributed by atoms with E-state index in [1.54, 1.807) is 0 Å². The number of benzene rings is 1. The molecule has 0 N–H and O–H groups in total. The van der Waals surface area contributed by atoms with E-state index in [2.05, 4.69) is 49.2 Å². The van der Waals surface area contributed by atoms with E-state index in [0.717, 1.165) is 12.8 Å². The van der Waals surface area contributed by atoms with Gasteiger partial charge in [0.1, 0.15) is 0 Å². The van der Waals surface area contributed by atoms with Crippen molar-refractivity contribution in [1.29, 1.82) is 0 Å². The van der Waals surface area contributed by atoms with Gasteiger partial charge in [-0.15, -0.1) is 0 Å². The van der Waals surface area contributed by atoms with E-state index in [0.29, 0.717) is 0 Å². The summed E-state index contributed by atoms with van der Waals surface area (Å²) in [4.78, 5) is 4.47. The Hall–Kier alpha value is -1.63. The highest BCUT2D eigenvalue weighted by atomic mass is 14.7. The Kier molecular flexibility index (Phi) is 3.35. The van der Waals surface area contributed by atoms with Crippen molar-refractivity contribution in [3.8, 4) is 11.1 Å². The molecule has 0 fully saturated rings. The molecule has 0 aliphatic carbocycles. The van der Waals surface area contributed by atoms with E-state index in [1.165, 1.54) is 22.4 Å². The van der Waals surface area contributed by atoms with E-state index < -0.39 is 0 Å². The number of aryl methyl sites for hydroxylation is 2. The van der Waals surface area contributed by atoms with Gasteiger partial charge in [-0.1, -0.05) is 49.2 Å². The Morgan fingerprint density at radius 3 is 2.75 bits per heavy atom. The van der Waals surface area contributed by atoms with Crippen molar-refractivity contribution in [3.63, 3.8) is 0 Å². The van der Waals surface area contributed by atoms with Gasteiger partial charge < -0.3 is 0 Å². The van der Waals surface area contributed by atoms with E-state index in [1.807, 2.05) is 12.3 Å². The zero-order chi connectivity index (χ0) is 11.4. The smallest absolute Gasteiger partial charge is 0.0481 e. The molecule has 1 heteroatoms. The SMILES string of the molecule is CCCc1ncccc1-c1cccc(C)c1. The lowest BCUT2D eigenvalue weighted by Gasteiger charge is -2.08. The molecule has 2 rings (SSSR count). The van der Waals surface area contributed by atoms with Crippen LogP contribution in [0.1, 0.15) is 24.6 Å². The highest BCUT2D eigenvalue weighted by Gasteiger charge is 2.04. The van der Waals surface area contributed by atoms with Gasteiger partial charge in [0.05, 0.1) is 0 Å². The molecule has 2 aromatic rings. The van der Waals surface area contributed by atoms with Crippen LogP contribution in [0.15, 0.2) is 42.6 Å². The fraction of sp³-hybridized carbons (Fsp3) is 0.267. The van der Waals surface area contributed by atoms with Crippen LogP contribution in [0, 0.1) is 6.92 Å². The summed E-state index contributed by atoms with van der Waals surface area (Å²) in [5, 5.41) is 0. The van der Waals surface area contributed by atoms with Gasteiger partial charge in [0, 0.05) is 17.5 Å². The Morgan fingerprint density at radius 2 is 2.00 bits per heavy atom. The van der Waals surface area contributed by atoms with Gasteiger partial charge in [-0.2, -0.15) is 0 Å². The second kappa shape index (κ2) is 4.93. The molecule has 0 spiro atoms. The second-order valence-electron chi connectivity index (χ2n) is 4.12. The lowest BCUT2D eigenvalue weighted by Crippen LogP contribution is -1.93. The number of nitrogens with zero attached hydrogens (tertiary/aromatic N) is 1. The first kappa shape index (κ1) is 10.9. The normalized spacial score (nSPS) is 10.4. The van der Waals surface area contributed by atoms with E-state index in [-0.39, 0.29) is 0 Å². The van der Waals surface area contributed by atoms with Crippen molar-refractivity contribution in [2.24, 2.45) is 0 Å². The third kappa shape index (κ3) is 2.30. The molecule has 0 saturated carbocycles. The molecule has 0 unspecified atom stereocenters. The van der Waals surface area contributed by atoms with Crippen LogP contribution in [0.25, 0.3) is 11.1 Å². The van der Waals surface area contributed by atoms with Gasteiger partial charge >= 0.3 is 0 Å². The summed E-state index contributed by atoms with van der Waals surface area (Å²) in [6, 6.07) is 12.8. The number of pyridine rings is 1. The Labute approximate surface area is 97.2 Å². The van der Waals surface area contributed by atoms with Crippen LogP contribution in [-0.4, -0.2) is 4.98 Å². The van der Waals surface area contributed by atoms with Gasteiger partial charge in [-0.05, 0) is 25.0 Å². The van der Waals surface area contributed by atoms with Crippen LogP contribution in [0.4, 0.5) is 0 Å². The van der Waals surface area contributed by atoms with Crippen molar-refractivity contribution in [1.82, 2.24) is 4.98 Å². The Balaban J connectivity index is 2.46. The largest absolute Gasteiger partial charge is 0.261 e. The maximum atomic E-state index is 4.47. The summed E-state index contributed by atoms with van der Waals surface area (Å²) in [6.07, 6.45) is 4.06. The molecular formula is C15H17N. The Morgan fingerprint density at radius 1 is 1.12 bits per heavy atom. The molecule has 0 aliphatic heterocycles. The zero-order valence-electron chi connectivity index (χ0n) is 9.90. The van der Waals surface area contributed by atoms with Crippen molar-refractivity contribution < 1.29 is 0 Å². The van der Waals surface area contributed by atoms with Crippen LogP contribution in [-0.2, 0) is 6.42 Å². The topological polar surface area (TPSA) is 12.9 Å². The first-order chi connectivity index (χ1) is 7.81. The second-order valence-corrected chi connectivity index (χ2v) is 4.12. The molecule has 1 heterocycles. The van der Waals surface area contributed by atoms with E-state index in [4.69, 9.17) is 0 Å². The molecule has 0 bridgehead atoms. The zero-order valence-corrected chi connectivity index (χ0v) is 9.90. The fourth-order valence-corrected chi connectivity index (χ4v) is 1.95. The number of hydrogen-bond donors (Lipinski definition) is 0. The van der Waals surface area contributed by atoms with Gasteiger partial charge in [0.2, 0.25) is 0 Å². The summed E-state index contributed by atoms with van der Waals surface area (Å²) in [6.45, 7) is 4.31. The van der Waals surface area contributed by atoms with Gasteiger partial charge in [0.25, 0.3) is 0 Å². The number of rotatable bonds is 3. The van der Waals surface area contributed by atoms with Crippen LogP contribution < -0.4 is 0 Å². The maximum Gasteiger partial charge on any atom is 0.0481 e. The first-order valence-corrected chi connectivity index (χ1v) is 5.82. The standard InChI is InChI=1S/C15H17N/c1-3-6-15-14(9-5-10-16-15)13-8-4-7-12(2)11-13/h4-5,7-11H,3,6H2,1-2H3. The van der Waals surface area contributed by atoms with Crippen molar-refractivity contribution in [2.75, 3.05) is 0 Å². The number of aromatic nitrogens is 1. The summed E-state index contributed by atoms with van der Waals surface area (Å²) in [7, 11) is 0. The molecule has 0 aliphatic rings. The third-order valence-corrected chi connectivity index (χ3v) is 2.71. The minimum absolute atomic E-state index is 1.05. The van der Waals surface area contributed by atoms with Crippen LogP contribution in [0.3, 0.4) is 0 Å². The Bertz CT molecular complexity index is 474. The minimum Gasteiger partial charge on any atom is -0.261 e. The summed E-state index contributed by atoms with van der Waals surface area (Å²) in [5.41, 5.74) is 5.05. The highest BCUT2D eigenvalue weighted by molar-refractivity contribution is 5.66. The first-order valence-electron chi connectivity index (χ1n) is 5.82. The van der Waals surface area contributed by atoms with Crippen LogP contribution in [0.2, 0.25) is 0 Å². The van der Waals surface area contributed by atoms with Gasteiger partial charge in [-0.3, -0.25) is 4.98 Å². The monoisotopic (exact) mass is 211 g/mol. The van der Waals surface area contributed by atoms with E-state index >= 15 is 0 Å². The van der Waals surface area contributed by atoms with Crippen molar-refractivity contribution >= 4 is 0 Å². The lowest BCUT2D eigenvalue weighted by atomic mass is 10.0. The molecule has 1 aromatic heterocycles. The van der Waals surface area contributed by atoms with Gasteiger partial charge in [-0.25, -0.2) is 0 Å². The predicted molar refractivity (Wildman–Crippen MR) is 68.4 cm³/mol. The quantitative estimate of drug-likeness (QED) is 0.747. The minimum atomic E-state index is 1.05. The van der Waals surface area contributed by atoms with Crippen molar-refractivity contribution in [2.45, 2.75) is 26.7 Å². The average molecular weight is 211 g/mol. The van der Waals surface area contributed by atoms with Crippen LogP contribution >= 0.6 is 0 Å². The molecule has 0 atom stereocenters. The van der Waals surface area contributed by atoms with Crippen molar-refractivity contribution in [3.05, 3.63) is 53.9 Å². The lowest BCUT2D eigenvalue weighted by molar-refractivity contribution is 0.885. The average Bonchev–Trinajstić information content (AvgIpc) is 2.30. The summed E-state index contributed by atoms with van der Waals surface area (Å²) < 4.78 is 0. The molecule has 1 aromatic carbocycles.